The van der Waals surface area contributed by atoms with Crippen LogP contribution in [0.15, 0.2) is 17.8 Å². The van der Waals surface area contributed by atoms with Crippen LogP contribution in [0, 0.1) is 11.3 Å². The van der Waals surface area contributed by atoms with Crippen LogP contribution in [0.4, 0.5) is 0 Å². The first-order chi connectivity index (χ1) is 9.04. The fourth-order valence-electron chi connectivity index (χ4n) is 2.53. The van der Waals surface area contributed by atoms with E-state index >= 15 is 0 Å². The summed E-state index contributed by atoms with van der Waals surface area (Å²) in [7, 11) is 0. The molecule has 0 saturated carbocycles. The lowest BCUT2D eigenvalue weighted by Gasteiger charge is -2.15. The van der Waals surface area contributed by atoms with Gasteiger partial charge in [-0.3, -0.25) is 0 Å². The van der Waals surface area contributed by atoms with Crippen LogP contribution in [0.5, 0.6) is 0 Å². The van der Waals surface area contributed by atoms with Crippen LogP contribution >= 0.6 is 11.3 Å². The second kappa shape index (κ2) is 5.58. The normalized spacial score (nSPS) is 11.2. The van der Waals surface area contributed by atoms with Gasteiger partial charge in [0.1, 0.15) is 11.1 Å². The van der Waals surface area contributed by atoms with Crippen molar-refractivity contribution in [1.29, 1.82) is 5.26 Å². The minimum atomic E-state index is 0.365. The molecule has 2 aromatic rings. The highest BCUT2D eigenvalue weighted by Gasteiger charge is 2.20. The summed E-state index contributed by atoms with van der Waals surface area (Å²) in [5, 5.41) is 12.4. The minimum Gasteiger partial charge on any atom is -0.343 e. The molecular formula is C15H19N3S. The standard InChI is InChI=1S/C15H19N3S/c1-10(2)14-12(7-16)8-18(15(14)11(3)4)9-13-17-5-6-19-13/h5-6,8,10-11H,9H2,1-4H3. The zero-order valence-corrected chi connectivity index (χ0v) is 12.7. The van der Waals surface area contributed by atoms with E-state index in [0.717, 1.165) is 17.1 Å². The number of rotatable bonds is 4. The van der Waals surface area contributed by atoms with Gasteiger partial charge in [-0.05, 0) is 17.4 Å². The van der Waals surface area contributed by atoms with E-state index in [0.29, 0.717) is 11.8 Å². The van der Waals surface area contributed by atoms with Crippen molar-refractivity contribution in [3.63, 3.8) is 0 Å². The van der Waals surface area contributed by atoms with E-state index < -0.39 is 0 Å². The Morgan fingerprint density at radius 3 is 2.53 bits per heavy atom. The zero-order valence-electron chi connectivity index (χ0n) is 11.8. The third kappa shape index (κ3) is 2.71. The van der Waals surface area contributed by atoms with Crippen molar-refractivity contribution in [3.8, 4) is 6.07 Å². The molecule has 2 rings (SSSR count). The summed E-state index contributed by atoms with van der Waals surface area (Å²) >= 11 is 1.65. The predicted molar refractivity (Wildman–Crippen MR) is 78.5 cm³/mol. The Morgan fingerprint density at radius 1 is 1.32 bits per heavy atom. The van der Waals surface area contributed by atoms with Crippen molar-refractivity contribution >= 4 is 11.3 Å². The van der Waals surface area contributed by atoms with Gasteiger partial charge >= 0.3 is 0 Å². The van der Waals surface area contributed by atoms with Crippen LogP contribution in [0.2, 0.25) is 0 Å². The first kappa shape index (κ1) is 13.8. The largest absolute Gasteiger partial charge is 0.343 e. The third-order valence-corrected chi connectivity index (χ3v) is 3.96. The van der Waals surface area contributed by atoms with Crippen molar-refractivity contribution in [1.82, 2.24) is 9.55 Å². The maximum absolute atomic E-state index is 9.34. The lowest BCUT2D eigenvalue weighted by atomic mass is 9.94. The van der Waals surface area contributed by atoms with Crippen molar-refractivity contribution in [2.24, 2.45) is 0 Å². The Bertz CT molecular complexity index is 586. The second-order valence-electron chi connectivity index (χ2n) is 5.32. The fraction of sp³-hybridized carbons (Fsp3) is 0.467. The summed E-state index contributed by atoms with van der Waals surface area (Å²) in [5.74, 6) is 0.768. The molecule has 19 heavy (non-hydrogen) atoms. The number of hydrogen-bond donors (Lipinski definition) is 0. The maximum atomic E-state index is 9.34. The fourth-order valence-corrected chi connectivity index (χ4v) is 3.15. The average Bonchev–Trinajstić information content (AvgIpc) is 2.96. The number of thiazole rings is 1. The Balaban J connectivity index is 2.51. The first-order valence-electron chi connectivity index (χ1n) is 6.56. The van der Waals surface area contributed by atoms with Gasteiger partial charge in [-0.1, -0.05) is 27.7 Å². The molecule has 0 bridgehead atoms. The molecule has 0 aliphatic carbocycles. The first-order valence-corrected chi connectivity index (χ1v) is 7.44. The highest BCUT2D eigenvalue weighted by Crippen LogP contribution is 2.31. The Hall–Kier alpha value is -1.60. The van der Waals surface area contributed by atoms with Crippen LogP contribution in [0.1, 0.15) is 61.4 Å². The number of aromatic nitrogens is 2. The average molecular weight is 273 g/mol. The summed E-state index contributed by atoms with van der Waals surface area (Å²) in [5.41, 5.74) is 3.26. The molecule has 3 nitrogen and oxygen atoms in total. The topological polar surface area (TPSA) is 41.6 Å². The van der Waals surface area contributed by atoms with Crippen LogP contribution in [0.3, 0.4) is 0 Å². The molecule has 0 amide bonds. The van der Waals surface area contributed by atoms with Crippen LogP contribution in [0.25, 0.3) is 0 Å². The van der Waals surface area contributed by atoms with Crippen molar-refractivity contribution in [3.05, 3.63) is 39.6 Å². The number of hydrogen-bond acceptors (Lipinski definition) is 3. The molecule has 0 radical (unpaired) electrons. The third-order valence-electron chi connectivity index (χ3n) is 3.19. The van der Waals surface area contributed by atoms with E-state index in [-0.39, 0.29) is 0 Å². The maximum Gasteiger partial charge on any atom is 0.112 e. The van der Waals surface area contributed by atoms with Gasteiger partial charge in [0.2, 0.25) is 0 Å². The summed E-state index contributed by atoms with van der Waals surface area (Å²) in [4.78, 5) is 4.34. The zero-order chi connectivity index (χ0) is 14.0. The Labute approximate surface area is 118 Å². The molecule has 0 unspecified atom stereocenters. The SMILES string of the molecule is CC(C)c1c(C#N)cn(Cc2nccs2)c1C(C)C. The molecule has 4 heteroatoms. The minimum absolute atomic E-state index is 0.365. The molecule has 0 saturated heterocycles. The van der Waals surface area contributed by atoms with Gasteiger partial charge in [0.05, 0.1) is 12.1 Å². The smallest absolute Gasteiger partial charge is 0.112 e. The molecule has 100 valence electrons. The van der Waals surface area contributed by atoms with Gasteiger partial charge in [-0.25, -0.2) is 4.98 Å². The predicted octanol–water partition coefficient (Wildman–Crippen LogP) is 4.11. The van der Waals surface area contributed by atoms with Gasteiger partial charge in [0, 0.05) is 23.5 Å². The summed E-state index contributed by atoms with van der Waals surface area (Å²) in [6.45, 7) is 9.42. The molecule has 0 spiro atoms. The van der Waals surface area contributed by atoms with Crippen LogP contribution in [-0.2, 0) is 6.54 Å². The molecule has 0 aliphatic heterocycles. The monoisotopic (exact) mass is 273 g/mol. The molecule has 0 N–H and O–H groups in total. The summed E-state index contributed by atoms with van der Waals surface area (Å²) in [6.07, 6.45) is 3.80. The second-order valence-corrected chi connectivity index (χ2v) is 6.30. The van der Waals surface area contributed by atoms with Crippen LogP contribution in [-0.4, -0.2) is 9.55 Å². The van der Waals surface area contributed by atoms with E-state index in [1.165, 1.54) is 11.3 Å². The van der Waals surface area contributed by atoms with Crippen LogP contribution < -0.4 is 0 Å². The molecular weight excluding hydrogens is 254 g/mol. The quantitative estimate of drug-likeness (QED) is 0.841. The molecule has 0 atom stereocenters. The highest BCUT2D eigenvalue weighted by molar-refractivity contribution is 7.09. The van der Waals surface area contributed by atoms with Crippen molar-refractivity contribution in [2.45, 2.75) is 46.1 Å². The summed E-state index contributed by atoms with van der Waals surface area (Å²) in [6, 6.07) is 2.33. The molecule has 2 heterocycles. The molecule has 0 fully saturated rings. The van der Waals surface area contributed by atoms with E-state index in [9.17, 15) is 5.26 Å². The molecule has 0 aromatic carbocycles. The van der Waals surface area contributed by atoms with E-state index in [1.807, 2.05) is 17.8 Å². The van der Waals surface area contributed by atoms with E-state index in [4.69, 9.17) is 0 Å². The molecule has 2 aromatic heterocycles. The van der Waals surface area contributed by atoms with Gasteiger partial charge < -0.3 is 4.57 Å². The van der Waals surface area contributed by atoms with Gasteiger partial charge in [-0.2, -0.15) is 5.26 Å². The van der Waals surface area contributed by atoms with Gasteiger partial charge in [0.25, 0.3) is 0 Å². The Morgan fingerprint density at radius 2 is 2.05 bits per heavy atom. The summed E-state index contributed by atoms with van der Waals surface area (Å²) < 4.78 is 2.19. The lowest BCUT2D eigenvalue weighted by molar-refractivity contribution is 0.671. The lowest BCUT2D eigenvalue weighted by Crippen LogP contribution is -2.07. The van der Waals surface area contributed by atoms with Crippen molar-refractivity contribution < 1.29 is 0 Å². The Kier molecular flexibility index (Phi) is 4.06. The van der Waals surface area contributed by atoms with Gasteiger partial charge in [-0.15, -0.1) is 11.3 Å². The number of nitriles is 1. The van der Waals surface area contributed by atoms with Crippen molar-refractivity contribution in [2.75, 3.05) is 0 Å². The number of nitrogens with zero attached hydrogens (tertiary/aromatic N) is 3. The van der Waals surface area contributed by atoms with Gasteiger partial charge in [0.15, 0.2) is 0 Å². The highest BCUT2D eigenvalue weighted by atomic mass is 32.1. The van der Waals surface area contributed by atoms with E-state index in [1.54, 1.807) is 11.3 Å². The molecule has 0 aliphatic rings. The van der Waals surface area contributed by atoms with E-state index in [2.05, 4.69) is 43.3 Å².